The molecule has 2 heterocycles. The van der Waals surface area contributed by atoms with E-state index >= 15 is 0 Å². The third-order valence-electron chi connectivity index (χ3n) is 4.64. The van der Waals surface area contributed by atoms with Crippen molar-refractivity contribution in [1.82, 2.24) is 9.97 Å². The van der Waals surface area contributed by atoms with Gasteiger partial charge >= 0.3 is 0 Å². The summed E-state index contributed by atoms with van der Waals surface area (Å²) < 4.78 is 27.6. The molecule has 0 bridgehead atoms. The number of aromatic amines is 1. The molecule has 0 saturated carbocycles. The number of amidine groups is 1. The maximum atomic E-state index is 14.1. The van der Waals surface area contributed by atoms with Gasteiger partial charge in [0, 0.05) is 6.07 Å². The van der Waals surface area contributed by atoms with E-state index in [0.717, 1.165) is 34.8 Å². The van der Waals surface area contributed by atoms with Crippen LogP contribution in [0.15, 0.2) is 36.1 Å². The van der Waals surface area contributed by atoms with Crippen LogP contribution in [-0.2, 0) is 0 Å². The van der Waals surface area contributed by atoms with E-state index in [9.17, 15) is 13.9 Å². The Morgan fingerprint density at radius 3 is 2.65 bits per heavy atom. The number of H-pyrrole nitrogens is 1. The zero-order valence-electron chi connectivity index (χ0n) is 14.2. The lowest BCUT2D eigenvalue weighted by Crippen LogP contribution is -2.27. The quantitative estimate of drug-likeness (QED) is 0.645. The lowest BCUT2D eigenvalue weighted by atomic mass is 10.1. The van der Waals surface area contributed by atoms with Gasteiger partial charge in [0.1, 0.15) is 29.1 Å². The van der Waals surface area contributed by atoms with Gasteiger partial charge in [-0.2, -0.15) is 0 Å². The Kier molecular flexibility index (Phi) is 3.54. The SMILES string of the molecule is Cc1cc2nc(C3=C(O)CN(c4cc(F)ccc4F)C3=N)[nH]c2cc1C. The number of imidazole rings is 1. The van der Waals surface area contributed by atoms with Crippen LogP contribution >= 0.6 is 0 Å². The Bertz CT molecular complexity index is 1060. The van der Waals surface area contributed by atoms with Crippen LogP contribution in [0.2, 0.25) is 0 Å². The van der Waals surface area contributed by atoms with Gasteiger partial charge < -0.3 is 15.0 Å². The first-order valence-electron chi connectivity index (χ1n) is 8.06. The molecule has 132 valence electrons. The smallest absolute Gasteiger partial charge is 0.147 e. The summed E-state index contributed by atoms with van der Waals surface area (Å²) in [4.78, 5) is 8.77. The molecule has 0 fully saturated rings. The highest BCUT2D eigenvalue weighted by molar-refractivity contribution is 6.30. The van der Waals surface area contributed by atoms with Crippen LogP contribution in [0, 0.1) is 30.9 Å². The van der Waals surface area contributed by atoms with Crippen LogP contribution in [-0.4, -0.2) is 27.5 Å². The van der Waals surface area contributed by atoms with Gasteiger partial charge in [0.15, 0.2) is 0 Å². The fourth-order valence-corrected chi connectivity index (χ4v) is 3.11. The maximum absolute atomic E-state index is 14.1. The van der Waals surface area contributed by atoms with Crippen molar-refractivity contribution in [3.8, 4) is 0 Å². The van der Waals surface area contributed by atoms with Gasteiger partial charge in [0.2, 0.25) is 0 Å². The van der Waals surface area contributed by atoms with Crippen molar-refractivity contribution >= 4 is 28.1 Å². The average molecular weight is 354 g/mol. The van der Waals surface area contributed by atoms with Crippen molar-refractivity contribution in [1.29, 1.82) is 5.41 Å². The largest absolute Gasteiger partial charge is 0.509 e. The van der Waals surface area contributed by atoms with Crippen molar-refractivity contribution in [2.75, 3.05) is 11.4 Å². The second kappa shape index (κ2) is 5.66. The molecule has 5 nitrogen and oxygen atoms in total. The van der Waals surface area contributed by atoms with E-state index in [0.29, 0.717) is 11.3 Å². The lowest BCUT2D eigenvalue weighted by Gasteiger charge is -2.19. The van der Waals surface area contributed by atoms with Crippen LogP contribution in [0.5, 0.6) is 0 Å². The number of hydrogen-bond donors (Lipinski definition) is 3. The standard InChI is InChI=1S/C19H16F2N4O/c1-9-5-13-14(6-10(9)2)24-19(23-13)17-16(26)8-25(18(17)22)15-7-11(20)3-4-12(15)21/h3-7,22,26H,8H2,1-2H3,(H,23,24). The van der Waals surface area contributed by atoms with Crippen molar-refractivity contribution < 1.29 is 13.9 Å². The summed E-state index contributed by atoms with van der Waals surface area (Å²) >= 11 is 0. The van der Waals surface area contributed by atoms with Gasteiger partial charge in [-0.3, -0.25) is 5.41 Å². The van der Waals surface area contributed by atoms with E-state index in [1.807, 2.05) is 26.0 Å². The Morgan fingerprint density at radius 1 is 1.15 bits per heavy atom. The second-order valence-corrected chi connectivity index (χ2v) is 6.39. The van der Waals surface area contributed by atoms with Crippen LogP contribution < -0.4 is 4.90 Å². The van der Waals surface area contributed by atoms with Crippen molar-refractivity contribution in [3.05, 3.63) is 64.7 Å². The molecule has 1 aliphatic heterocycles. The number of aliphatic hydroxyl groups excluding tert-OH is 1. The summed E-state index contributed by atoms with van der Waals surface area (Å²) in [5, 5.41) is 18.7. The molecule has 0 aliphatic carbocycles. The number of nitrogens with one attached hydrogen (secondary N) is 2. The Balaban J connectivity index is 1.77. The number of aliphatic hydroxyl groups is 1. The highest BCUT2D eigenvalue weighted by atomic mass is 19.1. The number of halogens is 2. The molecule has 7 heteroatoms. The monoisotopic (exact) mass is 354 g/mol. The van der Waals surface area contributed by atoms with Gasteiger partial charge in [-0.05, 0) is 49.2 Å². The van der Waals surface area contributed by atoms with Crippen molar-refractivity contribution in [3.63, 3.8) is 0 Å². The summed E-state index contributed by atoms with van der Waals surface area (Å²) in [5.74, 6) is -1.21. The fourth-order valence-electron chi connectivity index (χ4n) is 3.11. The summed E-state index contributed by atoms with van der Waals surface area (Å²) in [7, 11) is 0. The predicted octanol–water partition coefficient (Wildman–Crippen LogP) is 4.22. The molecule has 0 atom stereocenters. The molecule has 3 N–H and O–H groups in total. The topological polar surface area (TPSA) is 76.0 Å². The molecule has 4 rings (SSSR count). The first-order chi connectivity index (χ1) is 12.3. The van der Waals surface area contributed by atoms with Crippen LogP contribution in [0.1, 0.15) is 17.0 Å². The van der Waals surface area contributed by atoms with Crippen molar-refractivity contribution in [2.45, 2.75) is 13.8 Å². The normalized spacial score (nSPS) is 14.8. The highest BCUT2D eigenvalue weighted by Crippen LogP contribution is 2.32. The van der Waals surface area contributed by atoms with Crippen LogP contribution in [0.3, 0.4) is 0 Å². The molecular formula is C19H16F2N4O. The van der Waals surface area contributed by atoms with Gasteiger partial charge in [0.05, 0.1) is 28.8 Å². The first kappa shape index (κ1) is 16.3. The third-order valence-corrected chi connectivity index (χ3v) is 4.64. The number of aromatic nitrogens is 2. The predicted molar refractivity (Wildman–Crippen MR) is 96.5 cm³/mol. The van der Waals surface area contributed by atoms with Gasteiger partial charge in [-0.25, -0.2) is 13.8 Å². The molecular weight excluding hydrogens is 338 g/mol. The molecule has 2 aromatic carbocycles. The van der Waals surface area contributed by atoms with Crippen molar-refractivity contribution in [2.24, 2.45) is 0 Å². The zero-order chi connectivity index (χ0) is 18.6. The summed E-state index contributed by atoms with van der Waals surface area (Å²) in [6.07, 6.45) is 0. The minimum absolute atomic E-state index is 0.0978. The number of rotatable bonds is 2. The van der Waals surface area contributed by atoms with Gasteiger partial charge in [-0.15, -0.1) is 0 Å². The average Bonchev–Trinajstić information content (AvgIpc) is 3.10. The minimum Gasteiger partial charge on any atom is -0.509 e. The Morgan fingerprint density at radius 2 is 1.88 bits per heavy atom. The van der Waals surface area contributed by atoms with Crippen LogP contribution in [0.25, 0.3) is 16.6 Å². The highest BCUT2D eigenvalue weighted by Gasteiger charge is 2.32. The minimum atomic E-state index is -0.666. The summed E-state index contributed by atoms with van der Waals surface area (Å²) in [6, 6.07) is 6.88. The summed E-state index contributed by atoms with van der Waals surface area (Å²) in [6.45, 7) is 3.84. The number of anilines is 1. The van der Waals surface area contributed by atoms with E-state index in [-0.39, 0.29) is 29.4 Å². The second-order valence-electron chi connectivity index (χ2n) is 6.39. The molecule has 0 amide bonds. The number of nitrogens with zero attached hydrogens (tertiary/aromatic N) is 2. The number of aryl methyl sites for hydroxylation is 2. The molecule has 26 heavy (non-hydrogen) atoms. The molecule has 1 aromatic heterocycles. The van der Waals surface area contributed by atoms with Gasteiger partial charge in [0.25, 0.3) is 0 Å². The van der Waals surface area contributed by atoms with E-state index in [1.54, 1.807) is 0 Å². The molecule has 1 aliphatic rings. The van der Waals surface area contributed by atoms with E-state index in [4.69, 9.17) is 5.41 Å². The molecule has 3 aromatic rings. The van der Waals surface area contributed by atoms with Crippen LogP contribution in [0.4, 0.5) is 14.5 Å². The lowest BCUT2D eigenvalue weighted by molar-refractivity contribution is 0.411. The zero-order valence-corrected chi connectivity index (χ0v) is 14.2. The molecule has 0 saturated heterocycles. The third kappa shape index (κ3) is 2.44. The Hall–Kier alpha value is -3.22. The Labute approximate surface area is 148 Å². The molecule has 0 spiro atoms. The maximum Gasteiger partial charge on any atom is 0.147 e. The van der Waals surface area contributed by atoms with E-state index < -0.39 is 11.6 Å². The summed E-state index contributed by atoms with van der Waals surface area (Å²) in [5.41, 5.74) is 3.76. The number of hydrogen-bond acceptors (Lipinski definition) is 3. The van der Waals surface area contributed by atoms with E-state index in [2.05, 4.69) is 9.97 Å². The fraction of sp³-hybridized carbons (Fsp3) is 0.158. The molecule has 0 radical (unpaired) electrons. The first-order valence-corrected chi connectivity index (χ1v) is 8.06. The number of benzene rings is 2. The number of fused-ring (bicyclic) bond motifs is 1. The van der Waals surface area contributed by atoms with Gasteiger partial charge in [-0.1, -0.05) is 0 Å². The molecule has 0 unspecified atom stereocenters. The van der Waals surface area contributed by atoms with E-state index in [1.165, 1.54) is 4.90 Å².